The second kappa shape index (κ2) is 3.94. The van der Waals surface area contributed by atoms with E-state index in [2.05, 4.69) is 0 Å². The van der Waals surface area contributed by atoms with Crippen LogP contribution in [0.5, 0.6) is 0 Å². The monoisotopic (exact) mass is 227 g/mol. The number of sulfone groups is 1. The third-order valence-corrected chi connectivity index (χ3v) is 3.14. The molecule has 0 fully saturated rings. The van der Waals surface area contributed by atoms with Crippen molar-refractivity contribution in [2.75, 3.05) is 6.26 Å². The Balaban J connectivity index is 2.92. The first-order valence-corrected chi connectivity index (χ1v) is 6.65. The second-order valence-electron chi connectivity index (χ2n) is 4.58. The molecule has 0 spiro atoms. The van der Waals surface area contributed by atoms with Crippen molar-refractivity contribution in [3.8, 4) is 0 Å². The molecule has 0 saturated heterocycles. The zero-order valence-electron chi connectivity index (χ0n) is 9.32. The average Bonchev–Trinajstić information content (AvgIpc) is 2.00. The second-order valence-corrected chi connectivity index (χ2v) is 6.60. The standard InChI is InChI=1S/C11H17NO2S/c1-11(2,12)8-9-4-6-10(7-5-9)15(3,13)14/h4-7H,8,12H2,1-3H3. The third kappa shape index (κ3) is 4.01. The summed E-state index contributed by atoms with van der Waals surface area (Å²) in [6, 6.07) is 6.86. The van der Waals surface area contributed by atoms with Gasteiger partial charge in [0, 0.05) is 11.8 Å². The van der Waals surface area contributed by atoms with E-state index < -0.39 is 9.84 Å². The minimum Gasteiger partial charge on any atom is -0.325 e. The molecule has 0 unspecified atom stereocenters. The quantitative estimate of drug-likeness (QED) is 0.848. The Morgan fingerprint density at radius 3 is 2.00 bits per heavy atom. The summed E-state index contributed by atoms with van der Waals surface area (Å²) in [4.78, 5) is 0.348. The smallest absolute Gasteiger partial charge is 0.175 e. The lowest BCUT2D eigenvalue weighted by molar-refractivity contribution is 0.516. The summed E-state index contributed by atoms with van der Waals surface area (Å²) in [6.07, 6.45) is 1.94. The van der Waals surface area contributed by atoms with E-state index in [-0.39, 0.29) is 5.54 Å². The predicted octanol–water partition coefficient (Wildman–Crippen LogP) is 1.37. The highest BCUT2D eigenvalue weighted by Gasteiger charge is 2.12. The van der Waals surface area contributed by atoms with Crippen LogP contribution in [0.3, 0.4) is 0 Å². The van der Waals surface area contributed by atoms with Gasteiger partial charge in [-0.2, -0.15) is 0 Å². The van der Waals surface area contributed by atoms with Crippen molar-refractivity contribution in [2.24, 2.45) is 5.73 Å². The normalized spacial score (nSPS) is 12.8. The van der Waals surface area contributed by atoms with E-state index in [1.165, 1.54) is 6.26 Å². The maximum Gasteiger partial charge on any atom is 0.175 e. The molecule has 1 rings (SSSR count). The topological polar surface area (TPSA) is 60.2 Å². The molecular formula is C11H17NO2S. The van der Waals surface area contributed by atoms with Crippen LogP contribution in [0.2, 0.25) is 0 Å². The average molecular weight is 227 g/mol. The van der Waals surface area contributed by atoms with Crippen molar-refractivity contribution >= 4 is 9.84 Å². The van der Waals surface area contributed by atoms with Crippen LogP contribution < -0.4 is 5.73 Å². The third-order valence-electron chi connectivity index (χ3n) is 2.01. The minimum atomic E-state index is -3.09. The Morgan fingerprint density at radius 2 is 1.67 bits per heavy atom. The van der Waals surface area contributed by atoms with Crippen LogP contribution in [0.4, 0.5) is 0 Å². The molecule has 0 amide bonds. The fraction of sp³-hybridized carbons (Fsp3) is 0.455. The van der Waals surface area contributed by atoms with Crippen LogP contribution in [-0.4, -0.2) is 20.2 Å². The Bertz CT molecular complexity index is 427. The molecule has 0 saturated carbocycles. The maximum absolute atomic E-state index is 11.2. The van der Waals surface area contributed by atoms with E-state index >= 15 is 0 Å². The van der Waals surface area contributed by atoms with Gasteiger partial charge in [0.15, 0.2) is 9.84 Å². The molecule has 0 aliphatic heterocycles. The molecule has 0 atom stereocenters. The molecule has 15 heavy (non-hydrogen) atoms. The van der Waals surface area contributed by atoms with Gasteiger partial charge in [-0.3, -0.25) is 0 Å². The van der Waals surface area contributed by atoms with Crippen molar-refractivity contribution in [2.45, 2.75) is 30.7 Å². The molecule has 0 aliphatic rings. The van der Waals surface area contributed by atoms with Crippen molar-refractivity contribution in [1.82, 2.24) is 0 Å². The summed E-state index contributed by atoms with van der Waals surface area (Å²) in [6.45, 7) is 3.88. The molecule has 0 bridgehead atoms. The molecule has 1 aromatic carbocycles. The zero-order valence-corrected chi connectivity index (χ0v) is 10.1. The van der Waals surface area contributed by atoms with Crippen molar-refractivity contribution in [3.63, 3.8) is 0 Å². The lowest BCUT2D eigenvalue weighted by atomic mass is 9.96. The summed E-state index contributed by atoms with van der Waals surface area (Å²) in [7, 11) is -3.09. The van der Waals surface area contributed by atoms with Gasteiger partial charge in [-0.15, -0.1) is 0 Å². The van der Waals surface area contributed by atoms with Crippen LogP contribution in [0.15, 0.2) is 29.2 Å². The summed E-state index contributed by atoms with van der Waals surface area (Å²) in [5.41, 5.74) is 6.65. The van der Waals surface area contributed by atoms with Gasteiger partial charge in [0.2, 0.25) is 0 Å². The van der Waals surface area contributed by atoms with Gasteiger partial charge in [0.1, 0.15) is 0 Å². The highest BCUT2D eigenvalue weighted by molar-refractivity contribution is 7.90. The van der Waals surface area contributed by atoms with E-state index in [1.54, 1.807) is 12.1 Å². The number of hydrogen-bond donors (Lipinski definition) is 1. The molecule has 0 aromatic heterocycles. The number of hydrogen-bond acceptors (Lipinski definition) is 3. The highest BCUT2D eigenvalue weighted by atomic mass is 32.2. The Labute approximate surface area is 91.2 Å². The fourth-order valence-electron chi connectivity index (χ4n) is 1.38. The summed E-state index contributed by atoms with van der Waals surface area (Å²) in [5, 5.41) is 0. The van der Waals surface area contributed by atoms with E-state index in [0.29, 0.717) is 4.90 Å². The van der Waals surface area contributed by atoms with Crippen LogP contribution in [0.25, 0.3) is 0 Å². The summed E-state index contributed by atoms with van der Waals surface area (Å²) < 4.78 is 22.4. The molecule has 4 heteroatoms. The minimum absolute atomic E-state index is 0.271. The lowest BCUT2D eigenvalue weighted by Gasteiger charge is -2.18. The summed E-state index contributed by atoms with van der Waals surface area (Å²) in [5.74, 6) is 0. The van der Waals surface area contributed by atoms with Crippen LogP contribution >= 0.6 is 0 Å². The maximum atomic E-state index is 11.2. The lowest BCUT2D eigenvalue weighted by Crippen LogP contribution is -2.34. The number of nitrogens with two attached hydrogens (primary N) is 1. The van der Waals surface area contributed by atoms with E-state index in [0.717, 1.165) is 12.0 Å². The molecule has 3 nitrogen and oxygen atoms in total. The number of benzene rings is 1. The molecule has 2 N–H and O–H groups in total. The SMILES string of the molecule is CC(C)(N)Cc1ccc(S(C)(=O)=O)cc1. The van der Waals surface area contributed by atoms with Crippen LogP contribution in [0, 0.1) is 0 Å². The van der Waals surface area contributed by atoms with Crippen molar-refractivity contribution in [1.29, 1.82) is 0 Å². The highest BCUT2D eigenvalue weighted by Crippen LogP contribution is 2.14. The molecule has 1 aromatic rings. The largest absolute Gasteiger partial charge is 0.325 e. The first-order chi connectivity index (χ1) is 6.68. The summed E-state index contributed by atoms with van der Waals surface area (Å²) >= 11 is 0. The van der Waals surface area contributed by atoms with E-state index in [1.807, 2.05) is 26.0 Å². The molecule has 0 heterocycles. The number of rotatable bonds is 3. The molecule has 0 aliphatic carbocycles. The van der Waals surface area contributed by atoms with Crippen molar-refractivity contribution in [3.05, 3.63) is 29.8 Å². The Kier molecular flexibility index (Phi) is 3.21. The Hall–Kier alpha value is -0.870. The van der Waals surface area contributed by atoms with Gasteiger partial charge in [-0.25, -0.2) is 8.42 Å². The van der Waals surface area contributed by atoms with E-state index in [4.69, 9.17) is 5.73 Å². The first kappa shape index (κ1) is 12.2. The van der Waals surface area contributed by atoms with Crippen molar-refractivity contribution < 1.29 is 8.42 Å². The van der Waals surface area contributed by atoms with Crippen LogP contribution in [-0.2, 0) is 16.3 Å². The van der Waals surface area contributed by atoms with E-state index in [9.17, 15) is 8.42 Å². The van der Waals surface area contributed by atoms with Gasteiger partial charge in [0.05, 0.1) is 4.90 Å². The van der Waals surface area contributed by atoms with Gasteiger partial charge < -0.3 is 5.73 Å². The van der Waals surface area contributed by atoms with Crippen LogP contribution in [0.1, 0.15) is 19.4 Å². The fourth-order valence-corrected chi connectivity index (χ4v) is 2.01. The first-order valence-electron chi connectivity index (χ1n) is 4.76. The predicted molar refractivity (Wildman–Crippen MR) is 61.5 cm³/mol. The zero-order chi connectivity index (χ0) is 11.7. The van der Waals surface area contributed by atoms with Gasteiger partial charge in [0.25, 0.3) is 0 Å². The molecule has 0 radical (unpaired) electrons. The molecule has 84 valence electrons. The molecular weight excluding hydrogens is 210 g/mol. The van der Waals surface area contributed by atoms with Gasteiger partial charge >= 0.3 is 0 Å². The van der Waals surface area contributed by atoms with Gasteiger partial charge in [-0.1, -0.05) is 12.1 Å². The Morgan fingerprint density at radius 1 is 1.20 bits per heavy atom. The van der Waals surface area contributed by atoms with Gasteiger partial charge in [-0.05, 0) is 38.0 Å².